The number of allylic oxidation sites excluding steroid dienone is 4. The highest BCUT2D eigenvalue weighted by Gasteiger charge is 2.36. The molecule has 1 aromatic heterocycles. The number of nitrogens with one attached hydrogen (secondary N) is 1. The Balaban J connectivity index is 0.000000245. The second-order valence-corrected chi connectivity index (χ2v) is 9.13. The van der Waals surface area contributed by atoms with Crippen LogP contribution in [-0.2, 0) is 7.05 Å². The van der Waals surface area contributed by atoms with Crippen molar-refractivity contribution in [2.24, 2.45) is 12.8 Å². The first kappa shape index (κ1) is 30.9. The van der Waals surface area contributed by atoms with Crippen molar-refractivity contribution in [3.8, 4) is 18.1 Å². The summed E-state index contributed by atoms with van der Waals surface area (Å²) in [5.74, 6) is 3.44. The fourth-order valence-corrected chi connectivity index (χ4v) is 4.80. The molecule has 2 aliphatic heterocycles. The topological polar surface area (TPSA) is 66.4 Å². The normalized spacial score (nSPS) is 14.2. The lowest BCUT2D eigenvalue weighted by atomic mass is 10.0. The van der Waals surface area contributed by atoms with Crippen molar-refractivity contribution in [1.29, 1.82) is 0 Å². The van der Waals surface area contributed by atoms with Gasteiger partial charge >= 0.3 is 0 Å². The van der Waals surface area contributed by atoms with Gasteiger partial charge in [-0.1, -0.05) is 63.8 Å². The molecule has 0 unspecified atom stereocenters. The standard InChI is InChI=1S/C16H19N3O.C13H15N.C3H4.C2H6/c1-4-5-11-8-19-15-9(2)6-7-12(20)14(15)18-16(19)13(11)10(3)17;1-4-10(2)13-9-11-7-5-6-8-12(11)14(13)3;1-3-2;1-2/h5-7,18,20H,3-4,8,17H2,1-2H3;4-9H,1-3H3;1H,2H3;1-2H3/b11-5-;10-4+;;. The van der Waals surface area contributed by atoms with Crippen molar-refractivity contribution in [2.75, 3.05) is 16.8 Å². The number of phenolic OH excluding ortho intramolecular Hbond substituents is 1. The Bertz CT molecular complexity index is 1460. The predicted molar refractivity (Wildman–Crippen MR) is 171 cm³/mol. The van der Waals surface area contributed by atoms with Crippen LogP contribution in [0.3, 0.4) is 0 Å². The molecule has 0 amide bonds. The van der Waals surface area contributed by atoms with Crippen LogP contribution in [0.2, 0.25) is 0 Å². The molecule has 206 valence electrons. The molecule has 3 aromatic rings. The third-order valence-corrected chi connectivity index (χ3v) is 6.59. The Morgan fingerprint density at radius 1 is 1.23 bits per heavy atom. The van der Waals surface area contributed by atoms with Crippen molar-refractivity contribution in [3.63, 3.8) is 0 Å². The zero-order valence-corrected chi connectivity index (χ0v) is 24.8. The molecule has 0 fully saturated rings. The third kappa shape index (κ3) is 6.41. The number of nitrogens with two attached hydrogens (primary N) is 1. The molecule has 2 aromatic carbocycles. The van der Waals surface area contributed by atoms with Gasteiger partial charge in [-0.3, -0.25) is 0 Å². The number of anilines is 2. The monoisotopic (exact) mass is 524 g/mol. The number of hydrogen-bond acceptors (Lipinski definition) is 4. The molecule has 0 aliphatic carbocycles. The number of fused-ring (bicyclic) bond motifs is 4. The maximum absolute atomic E-state index is 10.0. The molecule has 0 radical (unpaired) electrons. The van der Waals surface area contributed by atoms with E-state index in [0.717, 1.165) is 41.3 Å². The minimum Gasteiger partial charge on any atom is -0.506 e. The number of nitrogens with zero attached hydrogens (tertiary/aromatic N) is 2. The van der Waals surface area contributed by atoms with E-state index in [1.807, 2.05) is 26.8 Å². The van der Waals surface area contributed by atoms with Crippen molar-refractivity contribution < 1.29 is 5.11 Å². The van der Waals surface area contributed by atoms with Gasteiger partial charge in [0, 0.05) is 34.9 Å². The second-order valence-electron chi connectivity index (χ2n) is 9.13. The van der Waals surface area contributed by atoms with Crippen LogP contribution in [0, 0.1) is 19.3 Å². The van der Waals surface area contributed by atoms with Gasteiger partial charge in [0.1, 0.15) is 17.3 Å². The molecule has 3 heterocycles. The Hall–Kier alpha value is -4.30. The van der Waals surface area contributed by atoms with E-state index in [1.165, 1.54) is 27.7 Å². The number of aryl methyl sites for hydroxylation is 2. The van der Waals surface area contributed by atoms with Crippen molar-refractivity contribution in [2.45, 2.75) is 54.9 Å². The first-order chi connectivity index (χ1) is 18.7. The Morgan fingerprint density at radius 2 is 1.87 bits per heavy atom. The van der Waals surface area contributed by atoms with E-state index >= 15 is 0 Å². The van der Waals surface area contributed by atoms with Crippen LogP contribution in [-0.4, -0.2) is 16.2 Å². The van der Waals surface area contributed by atoms with E-state index in [4.69, 9.17) is 5.73 Å². The molecule has 0 bridgehead atoms. The van der Waals surface area contributed by atoms with Crippen molar-refractivity contribution >= 4 is 27.9 Å². The smallest absolute Gasteiger partial charge is 0.141 e. The summed E-state index contributed by atoms with van der Waals surface area (Å²) in [5.41, 5.74) is 15.5. The van der Waals surface area contributed by atoms with E-state index in [1.54, 1.807) is 13.0 Å². The molecule has 0 spiro atoms. The lowest BCUT2D eigenvalue weighted by Crippen LogP contribution is -2.17. The van der Waals surface area contributed by atoms with Gasteiger partial charge in [-0.2, -0.15) is 0 Å². The quantitative estimate of drug-likeness (QED) is 0.238. The fraction of sp³-hybridized carbons (Fsp3) is 0.294. The highest BCUT2D eigenvalue weighted by atomic mass is 16.3. The molecule has 5 rings (SSSR count). The third-order valence-electron chi connectivity index (χ3n) is 6.59. The van der Waals surface area contributed by atoms with Gasteiger partial charge in [-0.15, -0.1) is 12.3 Å². The molecule has 0 saturated heterocycles. The van der Waals surface area contributed by atoms with Crippen LogP contribution >= 0.6 is 0 Å². The largest absolute Gasteiger partial charge is 0.506 e. The molecule has 2 aliphatic rings. The van der Waals surface area contributed by atoms with Crippen LogP contribution in [0.5, 0.6) is 5.75 Å². The van der Waals surface area contributed by atoms with Gasteiger partial charge in [0.25, 0.3) is 0 Å². The summed E-state index contributed by atoms with van der Waals surface area (Å²) in [5, 5.41) is 14.6. The van der Waals surface area contributed by atoms with Gasteiger partial charge in [0.2, 0.25) is 0 Å². The zero-order valence-electron chi connectivity index (χ0n) is 24.8. The average molecular weight is 525 g/mol. The molecule has 0 atom stereocenters. The molecule has 5 nitrogen and oxygen atoms in total. The minimum absolute atomic E-state index is 0.260. The van der Waals surface area contributed by atoms with Crippen LogP contribution in [0.4, 0.5) is 11.4 Å². The molecular formula is C34H44N4O. The summed E-state index contributed by atoms with van der Waals surface area (Å²) in [4.78, 5) is 2.17. The summed E-state index contributed by atoms with van der Waals surface area (Å²) in [6.45, 7) is 18.7. The van der Waals surface area contributed by atoms with Gasteiger partial charge in [0.05, 0.1) is 12.2 Å². The van der Waals surface area contributed by atoms with Gasteiger partial charge < -0.3 is 25.6 Å². The molecule has 0 saturated carbocycles. The number of aromatic nitrogens is 1. The van der Waals surface area contributed by atoms with Crippen molar-refractivity contribution in [1.82, 2.24) is 4.57 Å². The Kier molecular flexibility index (Phi) is 11.1. The summed E-state index contributed by atoms with van der Waals surface area (Å²) in [6, 6.07) is 14.4. The first-order valence-corrected chi connectivity index (χ1v) is 13.5. The average Bonchev–Trinajstić information content (AvgIpc) is 3.58. The lowest BCUT2D eigenvalue weighted by molar-refractivity contribution is 0.478. The number of para-hydroxylation sites is 1. The minimum atomic E-state index is 0.260. The van der Waals surface area contributed by atoms with Crippen LogP contribution in [0.1, 0.15) is 59.2 Å². The summed E-state index contributed by atoms with van der Waals surface area (Å²) < 4.78 is 2.24. The lowest BCUT2D eigenvalue weighted by Gasteiger charge is -2.16. The molecule has 39 heavy (non-hydrogen) atoms. The van der Waals surface area contributed by atoms with Crippen LogP contribution in [0.15, 0.2) is 83.9 Å². The number of aromatic hydroxyl groups is 1. The SMILES string of the molecule is C#CC.C/C=C(\C)c1cc2ccccc2n1C.C=C(N)C1=C2Nc3c(O)ccc(C)c3N2C/C1=C/CC.CC. The molecular weight excluding hydrogens is 480 g/mol. The maximum Gasteiger partial charge on any atom is 0.141 e. The molecule has 5 heteroatoms. The van der Waals surface area contributed by atoms with Gasteiger partial charge in [-0.25, -0.2) is 0 Å². The Labute approximate surface area is 235 Å². The number of rotatable bonds is 3. The number of phenols is 1. The summed E-state index contributed by atoms with van der Waals surface area (Å²) in [6.07, 6.45) is 9.88. The van der Waals surface area contributed by atoms with E-state index < -0.39 is 0 Å². The summed E-state index contributed by atoms with van der Waals surface area (Å²) in [7, 11) is 2.12. The number of benzene rings is 2. The number of terminal acetylenes is 1. The first-order valence-electron chi connectivity index (χ1n) is 13.5. The van der Waals surface area contributed by atoms with Gasteiger partial charge in [-0.05, 0) is 69.0 Å². The molecule has 4 N–H and O–H groups in total. The predicted octanol–water partition coefficient (Wildman–Crippen LogP) is 8.23. The fourth-order valence-electron chi connectivity index (χ4n) is 4.80. The van der Waals surface area contributed by atoms with Crippen LogP contribution in [0.25, 0.3) is 16.5 Å². The van der Waals surface area contributed by atoms with Gasteiger partial charge in [0.15, 0.2) is 0 Å². The van der Waals surface area contributed by atoms with E-state index in [9.17, 15) is 5.11 Å². The highest BCUT2D eigenvalue weighted by Crippen LogP contribution is 2.49. The second kappa shape index (κ2) is 14.0. The van der Waals surface area contributed by atoms with E-state index in [2.05, 4.69) is 104 Å². The van der Waals surface area contributed by atoms with E-state index in [-0.39, 0.29) is 5.75 Å². The maximum atomic E-state index is 10.0. The zero-order chi connectivity index (χ0) is 29.3. The van der Waals surface area contributed by atoms with Crippen molar-refractivity contribution in [3.05, 3.63) is 95.1 Å². The summed E-state index contributed by atoms with van der Waals surface area (Å²) >= 11 is 0. The number of hydrogen-bond donors (Lipinski definition) is 3. The Morgan fingerprint density at radius 3 is 2.44 bits per heavy atom. The highest BCUT2D eigenvalue weighted by molar-refractivity contribution is 5.91. The van der Waals surface area contributed by atoms with Crippen LogP contribution < -0.4 is 16.0 Å². The van der Waals surface area contributed by atoms with E-state index in [0.29, 0.717) is 5.70 Å².